The fourth-order valence-electron chi connectivity index (χ4n) is 7.70. The van der Waals surface area contributed by atoms with Crippen molar-refractivity contribution in [2.75, 3.05) is 0 Å². The molecule has 0 atom stereocenters. The van der Waals surface area contributed by atoms with Crippen LogP contribution in [0.2, 0.25) is 11.1 Å². The Morgan fingerprint density at radius 3 is 1.30 bits per heavy atom. The quantitative estimate of drug-likeness (QED) is 0.145. The summed E-state index contributed by atoms with van der Waals surface area (Å²) in [5.41, 5.74) is 10.1. The van der Waals surface area contributed by atoms with Gasteiger partial charge >= 0.3 is 116 Å². The van der Waals surface area contributed by atoms with Crippen molar-refractivity contribution < 1.29 is 18.0 Å². The summed E-state index contributed by atoms with van der Waals surface area (Å²) in [6, 6.07) is 18.2. The first-order valence-corrected chi connectivity index (χ1v) is 29.0. The van der Waals surface area contributed by atoms with Crippen LogP contribution in [0, 0.1) is 27.7 Å². The second-order valence-electron chi connectivity index (χ2n) is 14.4. The Balaban J connectivity index is 0.000000151. The van der Waals surface area contributed by atoms with Gasteiger partial charge in [-0.3, -0.25) is 0 Å². The van der Waals surface area contributed by atoms with Gasteiger partial charge < -0.3 is 0 Å². The summed E-state index contributed by atoms with van der Waals surface area (Å²) in [7, 11) is 13.0. The third-order valence-electron chi connectivity index (χ3n) is 10.1. The van der Waals surface area contributed by atoms with Gasteiger partial charge in [-0.1, -0.05) is 78.6 Å². The van der Waals surface area contributed by atoms with Gasteiger partial charge in [-0.05, 0) is 11.8 Å². The Morgan fingerprint density at radius 2 is 0.977 bits per heavy atom. The van der Waals surface area contributed by atoms with Crippen LogP contribution in [0.1, 0.15) is 137 Å². The number of aryl methyl sites for hydroxylation is 4. The van der Waals surface area contributed by atoms with Crippen LogP contribution in [0.4, 0.5) is 0 Å². The molecule has 0 spiro atoms. The number of rotatable bonds is 4. The van der Waals surface area contributed by atoms with Crippen molar-refractivity contribution in [2.24, 2.45) is 0 Å². The molecule has 2 saturated carbocycles. The first-order chi connectivity index (χ1) is 21.0. The third-order valence-corrected chi connectivity index (χ3v) is 30.5. The van der Waals surface area contributed by atoms with Crippen molar-refractivity contribution in [1.82, 2.24) is 0 Å². The van der Waals surface area contributed by atoms with Gasteiger partial charge in [0, 0.05) is 0 Å². The Labute approximate surface area is 284 Å². The minimum absolute atomic E-state index is 0.335. The van der Waals surface area contributed by atoms with Crippen LogP contribution in [0.15, 0.2) is 48.5 Å². The van der Waals surface area contributed by atoms with Gasteiger partial charge in [-0.2, -0.15) is 12.1 Å². The Hall–Kier alpha value is -0.660. The standard InChI is InChI=1S/2C14H17.C12H22Si.2ClH.Zr/c2*1-9(2)12-6-5-11(4)13-7-10(3)8-14(12)13;1-3-7-11(8-4-1)13-12-9-5-2-6-10-12;;;/h2*5-9H,1-4H3;11-12H,1-10H2;2*1H;/q2*-1;;;;+2/p-2. The van der Waals surface area contributed by atoms with Crippen molar-refractivity contribution in [3.63, 3.8) is 0 Å². The Morgan fingerprint density at radius 1 is 0.614 bits per heavy atom. The summed E-state index contributed by atoms with van der Waals surface area (Å²) in [6.07, 6.45) is 14.6. The average molecular weight is 727 g/mol. The van der Waals surface area contributed by atoms with E-state index in [4.69, 9.17) is 17.0 Å². The van der Waals surface area contributed by atoms with Crippen LogP contribution < -0.4 is 0 Å². The average Bonchev–Trinajstić information content (AvgIpc) is 3.58. The fraction of sp³-hybridized carbons (Fsp3) is 0.550. The molecule has 6 rings (SSSR count). The molecule has 4 aromatic rings. The number of fused-ring (bicyclic) bond motifs is 2. The molecule has 0 aliphatic heterocycles. The molecule has 4 heteroatoms. The fourth-order valence-corrected chi connectivity index (χ4v) is 30.8. The van der Waals surface area contributed by atoms with Gasteiger partial charge in [0.2, 0.25) is 0 Å². The molecule has 0 N–H and O–H groups in total. The minimum atomic E-state index is -1.95. The molecule has 2 aliphatic rings. The van der Waals surface area contributed by atoms with Gasteiger partial charge in [-0.15, -0.1) is 68.1 Å². The second-order valence-corrected chi connectivity index (χ2v) is 34.8. The van der Waals surface area contributed by atoms with E-state index in [2.05, 4.69) is 104 Å². The van der Waals surface area contributed by atoms with E-state index in [1.54, 1.807) is 0 Å². The van der Waals surface area contributed by atoms with E-state index >= 15 is 0 Å². The van der Waals surface area contributed by atoms with Gasteiger partial charge in [-0.25, -0.2) is 0 Å². The molecule has 4 aromatic carbocycles. The van der Waals surface area contributed by atoms with Crippen molar-refractivity contribution in [3.05, 3.63) is 81.9 Å². The molecule has 2 aliphatic carbocycles. The van der Waals surface area contributed by atoms with Crippen molar-refractivity contribution >= 4 is 44.0 Å². The summed E-state index contributed by atoms with van der Waals surface area (Å²) in [5, 5.41) is 5.73. The van der Waals surface area contributed by atoms with Crippen molar-refractivity contribution in [2.45, 2.75) is 143 Å². The van der Waals surface area contributed by atoms with Gasteiger partial charge in [0.05, 0.1) is 0 Å². The van der Waals surface area contributed by atoms with Gasteiger partial charge in [0.25, 0.3) is 0 Å². The SMILES string of the molecule is Cc1cc2c(C(C)C)ccc(C)c2[cH-]1.Cc1cc2c(C(C)C)ccc(C)c2[cH-]1.[Cl][Zr]([Cl])=[Si](C1CCCCC1)C1CCCCC1. The maximum absolute atomic E-state index is 6.52. The summed E-state index contributed by atoms with van der Waals surface area (Å²) in [5.74, 6) is 1.22. The predicted molar refractivity (Wildman–Crippen MR) is 197 cm³/mol. The molecule has 0 bridgehead atoms. The Bertz CT molecular complexity index is 1430. The number of hydrogen-bond acceptors (Lipinski definition) is 0. The van der Waals surface area contributed by atoms with E-state index in [0.29, 0.717) is 11.8 Å². The van der Waals surface area contributed by atoms with E-state index in [1.807, 2.05) is 0 Å². The molecule has 0 saturated heterocycles. The first kappa shape index (κ1) is 36.2. The van der Waals surface area contributed by atoms with Crippen molar-refractivity contribution in [1.29, 1.82) is 0 Å². The molecule has 0 radical (unpaired) electrons. The molecule has 0 heterocycles. The summed E-state index contributed by atoms with van der Waals surface area (Å²) in [6.45, 7) is 17.7. The molecule has 2 fully saturated rings. The summed E-state index contributed by atoms with van der Waals surface area (Å²) >= 11 is -1.95. The third kappa shape index (κ3) is 9.24. The molecule has 0 aromatic heterocycles. The molecular formula is C40H56Cl2SiZr-2. The van der Waals surface area contributed by atoms with E-state index in [0.717, 1.165) is 11.1 Å². The normalized spacial score (nSPS) is 16.2. The van der Waals surface area contributed by atoms with Crippen molar-refractivity contribution in [3.8, 4) is 0 Å². The van der Waals surface area contributed by atoms with E-state index in [9.17, 15) is 0 Å². The molecule has 44 heavy (non-hydrogen) atoms. The number of halogens is 2. The zero-order valence-electron chi connectivity index (χ0n) is 28.8. The zero-order chi connectivity index (χ0) is 32.0. The molecule has 240 valence electrons. The monoisotopic (exact) mass is 724 g/mol. The van der Waals surface area contributed by atoms with Crippen LogP contribution in [0.5, 0.6) is 0 Å². The van der Waals surface area contributed by atoms with Crippen LogP contribution in [-0.4, -0.2) is 5.43 Å². The van der Waals surface area contributed by atoms with Crippen LogP contribution in [0.3, 0.4) is 0 Å². The molecule has 0 nitrogen and oxygen atoms in total. The molecule has 0 amide bonds. The predicted octanol–water partition coefficient (Wildman–Crippen LogP) is 14.2. The first-order valence-electron chi connectivity index (χ1n) is 17.4. The topological polar surface area (TPSA) is 0 Å². The number of hydrogen-bond donors (Lipinski definition) is 0. The number of benzene rings is 2. The van der Waals surface area contributed by atoms with Gasteiger partial charge in [0.1, 0.15) is 0 Å². The van der Waals surface area contributed by atoms with E-state index in [1.165, 1.54) is 119 Å². The van der Waals surface area contributed by atoms with Crippen LogP contribution >= 0.6 is 17.0 Å². The molecule has 0 unspecified atom stereocenters. The maximum atomic E-state index is 6.52. The van der Waals surface area contributed by atoms with E-state index < -0.39 is 18.0 Å². The second kappa shape index (κ2) is 16.9. The Kier molecular flexibility index (Phi) is 13.9. The molecular weight excluding hydrogens is 671 g/mol. The van der Waals surface area contributed by atoms with Crippen LogP contribution in [0.25, 0.3) is 21.5 Å². The van der Waals surface area contributed by atoms with Crippen LogP contribution in [-0.2, 0) is 18.0 Å². The zero-order valence-corrected chi connectivity index (χ0v) is 33.7. The van der Waals surface area contributed by atoms with E-state index in [-0.39, 0.29) is 5.43 Å². The van der Waals surface area contributed by atoms with Gasteiger partial charge in [0.15, 0.2) is 0 Å². The summed E-state index contributed by atoms with van der Waals surface area (Å²) in [4.78, 5) is 0. The summed E-state index contributed by atoms with van der Waals surface area (Å²) < 4.78 is 0.